The van der Waals surface area contributed by atoms with Crippen LogP contribution >= 0.6 is 0 Å². The van der Waals surface area contributed by atoms with Crippen LogP contribution in [-0.2, 0) is 13.2 Å². The van der Waals surface area contributed by atoms with Gasteiger partial charge in [-0.2, -0.15) is 0 Å². The topological polar surface area (TPSA) is 85.3 Å². The van der Waals surface area contributed by atoms with Crippen LogP contribution in [-0.4, -0.2) is 15.6 Å². The molecule has 1 heterocycles. The molecule has 1 aromatic carbocycles. The Hall–Kier alpha value is -2.47. The van der Waals surface area contributed by atoms with Gasteiger partial charge in [0.15, 0.2) is 0 Å². The van der Waals surface area contributed by atoms with Gasteiger partial charge in [-0.1, -0.05) is 12.1 Å². The molecule has 0 aliphatic rings. The number of aliphatic hydroxyl groups excluding tert-OH is 1. The number of carbonyl (C=O) groups excluding carboxylic acids is 1. The fourth-order valence-corrected chi connectivity index (χ4v) is 2.24. The minimum atomic E-state index is -0.838. The Bertz CT molecular complexity index is 736. The van der Waals surface area contributed by atoms with E-state index in [9.17, 15) is 19.1 Å². The maximum absolute atomic E-state index is 13.0. The van der Waals surface area contributed by atoms with Crippen LogP contribution < -0.4 is 11.2 Å². The molecule has 0 saturated carbocycles. The van der Waals surface area contributed by atoms with E-state index in [1.165, 1.54) is 30.5 Å². The monoisotopic (exact) mass is 290 g/mol. The fraction of sp³-hybridized carbons (Fsp3) is 0.200. The van der Waals surface area contributed by atoms with Crippen LogP contribution in [0.2, 0.25) is 0 Å². The zero-order valence-corrected chi connectivity index (χ0v) is 11.5. The van der Waals surface area contributed by atoms with Gasteiger partial charge in [0.1, 0.15) is 11.4 Å². The van der Waals surface area contributed by atoms with E-state index in [4.69, 9.17) is 5.73 Å². The lowest BCUT2D eigenvalue weighted by atomic mass is 10.0. The molecule has 6 heteroatoms. The van der Waals surface area contributed by atoms with Gasteiger partial charge in [0, 0.05) is 12.7 Å². The number of halogens is 1. The predicted molar refractivity (Wildman–Crippen MR) is 76.2 cm³/mol. The number of aliphatic hydroxyl groups is 1. The van der Waals surface area contributed by atoms with Crippen molar-refractivity contribution in [2.75, 3.05) is 0 Å². The van der Waals surface area contributed by atoms with Gasteiger partial charge < -0.3 is 15.4 Å². The predicted octanol–water partition coefficient (Wildman–Crippen LogP) is 1.27. The van der Waals surface area contributed by atoms with Crippen LogP contribution in [0.15, 0.2) is 35.3 Å². The number of primary amides is 1. The quantitative estimate of drug-likeness (QED) is 0.889. The van der Waals surface area contributed by atoms with Crippen LogP contribution in [0.1, 0.15) is 23.0 Å². The number of hydrogen-bond donors (Lipinski definition) is 2. The van der Waals surface area contributed by atoms with Crippen molar-refractivity contribution in [1.82, 2.24) is 4.57 Å². The Morgan fingerprint density at radius 2 is 1.95 bits per heavy atom. The molecular weight excluding hydrogens is 275 g/mol. The molecule has 0 radical (unpaired) electrons. The van der Waals surface area contributed by atoms with Crippen molar-refractivity contribution in [2.45, 2.75) is 20.1 Å². The van der Waals surface area contributed by atoms with Crippen molar-refractivity contribution >= 4 is 5.91 Å². The summed E-state index contributed by atoms with van der Waals surface area (Å²) in [7, 11) is 0. The second-order valence-electron chi connectivity index (χ2n) is 4.51. The van der Waals surface area contributed by atoms with Crippen molar-refractivity contribution in [1.29, 1.82) is 0 Å². The summed E-state index contributed by atoms with van der Waals surface area (Å²) in [6.45, 7) is 1.88. The Morgan fingerprint density at radius 1 is 1.33 bits per heavy atom. The maximum atomic E-state index is 13.0. The number of aryl methyl sites for hydroxylation is 1. The second kappa shape index (κ2) is 5.88. The summed E-state index contributed by atoms with van der Waals surface area (Å²) in [4.78, 5) is 23.8. The Labute approximate surface area is 120 Å². The highest BCUT2D eigenvalue weighted by Gasteiger charge is 2.18. The summed E-state index contributed by atoms with van der Waals surface area (Å²) >= 11 is 0. The molecule has 0 aliphatic carbocycles. The molecule has 1 aromatic heterocycles. The molecule has 0 atom stereocenters. The zero-order valence-electron chi connectivity index (χ0n) is 11.5. The normalized spacial score (nSPS) is 10.6. The van der Waals surface area contributed by atoms with Crippen molar-refractivity contribution in [3.63, 3.8) is 0 Å². The van der Waals surface area contributed by atoms with Crippen molar-refractivity contribution < 1.29 is 14.3 Å². The first kappa shape index (κ1) is 14.9. The molecule has 1 amide bonds. The van der Waals surface area contributed by atoms with Crippen LogP contribution in [0, 0.1) is 5.82 Å². The van der Waals surface area contributed by atoms with Gasteiger partial charge in [0.05, 0.1) is 17.9 Å². The van der Waals surface area contributed by atoms with E-state index in [0.717, 1.165) is 0 Å². The number of nitrogens with zero attached hydrogens (tertiary/aromatic N) is 1. The highest BCUT2D eigenvalue weighted by molar-refractivity contribution is 5.93. The van der Waals surface area contributed by atoms with E-state index in [1.807, 2.05) is 6.92 Å². The first-order valence-electron chi connectivity index (χ1n) is 6.42. The molecule has 5 nitrogen and oxygen atoms in total. The lowest BCUT2D eigenvalue weighted by Gasteiger charge is -2.16. The van der Waals surface area contributed by atoms with E-state index in [2.05, 4.69) is 0 Å². The molecule has 2 aromatic rings. The molecule has 0 spiro atoms. The molecule has 0 unspecified atom stereocenters. The summed E-state index contributed by atoms with van der Waals surface area (Å²) in [5, 5.41) is 9.55. The van der Waals surface area contributed by atoms with Gasteiger partial charge in [-0.05, 0) is 24.6 Å². The van der Waals surface area contributed by atoms with Gasteiger partial charge in [-0.3, -0.25) is 9.59 Å². The number of hydrogen-bond acceptors (Lipinski definition) is 3. The molecular formula is C15H15FN2O3. The van der Waals surface area contributed by atoms with Gasteiger partial charge in [-0.25, -0.2) is 4.39 Å². The molecule has 0 bridgehead atoms. The summed E-state index contributed by atoms with van der Waals surface area (Å²) in [5.74, 6) is -1.28. The Kier molecular flexibility index (Phi) is 4.18. The van der Waals surface area contributed by atoms with Crippen LogP contribution in [0.5, 0.6) is 0 Å². The van der Waals surface area contributed by atoms with Crippen LogP contribution in [0.3, 0.4) is 0 Å². The molecule has 0 fully saturated rings. The largest absolute Gasteiger partial charge is 0.390 e. The average molecular weight is 290 g/mol. The van der Waals surface area contributed by atoms with E-state index in [0.29, 0.717) is 17.8 Å². The molecule has 110 valence electrons. The first-order valence-corrected chi connectivity index (χ1v) is 6.42. The number of aromatic nitrogens is 1. The van der Waals surface area contributed by atoms with E-state index in [1.54, 1.807) is 4.57 Å². The van der Waals surface area contributed by atoms with Crippen molar-refractivity contribution in [2.24, 2.45) is 5.73 Å². The first-order chi connectivity index (χ1) is 9.99. The highest BCUT2D eigenvalue weighted by Crippen LogP contribution is 2.22. The molecule has 21 heavy (non-hydrogen) atoms. The number of pyridine rings is 1. The van der Waals surface area contributed by atoms with Crippen molar-refractivity contribution in [3.8, 4) is 11.1 Å². The lowest BCUT2D eigenvalue weighted by molar-refractivity contribution is 0.0998. The summed E-state index contributed by atoms with van der Waals surface area (Å²) in [6, 6.07) is 5.28. The number of rotatable bonds is 4. The number of nitrogens with two attached hydrogens (primary N) is 1. The third-order valence-corrected chi connectivity index (χ3v) is 3.28. The third kappa shape index (κ3) is 2.71. The fourth-order valence-electron chi connectivity index (χ4n) is 2.24. The van der Waals surface area contributed by atoms with Crippen molar-refractivity contribution in [3.05, 3.63) is 57.8 Å². The second-order valence-corrected chi connectivity index (χ2v) is 4.51. The zero-order chi connectivity index (χ0) is 15.6. The number of benzene rings is 1. The smallest absolute Gasteiger partial charge is 0.254 e. The van der Waals surface area contributed by atoms with Crippen LogP contribution in [0.4, 0.5) is 4.39 Å². The Morgan fingerprint density at radius 3 is 2.43 bits per heavy atom. The molecule has 0 saturated heterocycles. The summed E-state index contributed by atoms with van der Waals surface area (Å²) in [5.41, 5.74) is 5.45. The van der Waals surface area contributed by atoms with Gasteiger partial charge >= 0.3 is 0 Å². The molecule has 0 aliphatic heterocycles. The maximum Gasteiger partial charge on any atom is 0.254 e. The van der Waals surface area contributed by atoms with Gasteiger partial charge in [0.25, 0.3) is 5.91 Å². The van der Waals surface area contributed by atoms with E-state index in [-0.39, 0.29) is 17.7 Å². The average Bonchev–Trinajstić information content (AvgIpc) is 2.47. The van der Waals surface area contributed by atoms with Gasteiger partial charge in [0.2, 0.25) is 5.43 Å². The Balaban J connectivity index is 2.84. The minimum absolute atomic E-state index is 0.159. The standard InChI is InChI=1S/C15H15FN2O3/c1-2-18-7-11(15(17)21)14(20)13(12(18)8-19)9-3-5-10(16)6-4-9/h3-7,19H,2,8H2,1H3,(H2,17,21). The molecule has 2 rings (SSSR count). The number of carbonyl (C=O) groups is 1. The highest BCUT2D eigenvalue weighted by atomic mass is 19.1. The number of amides is 1. The lowest BCUT2D eigenvalue weighted by Crippen LogP contribution is -2.27. The van der Waals surface area contributed by atoms with Crippen LogP contribution in [0.25, 0.3) is 11.1 Å². The molecule has 3 N–H and O–H groups in total. The third-order valence-electron chi connectivity index (χ3n) is 3.28. The SMILES string of the molecule is CCn1cc(C(N)=O)c(=O)c(-c2ccc(F)cc2)c1CO. The van der Waals surface area contributed by atoms with E-state index >= 15 is 0 Å². The van der Waals surface area contributed by atoms with E-state index < -0.39 is 17.2 Å². The minimum Gasteiger partial charge on any atom is -0.390 e. The van der Waals surface area contributed by atoms with Gasteiger partial charge in [-0.15, -0.1) is 0 Å². The summed E-state index contributed by atoms with van der Waals surface area (Å²) < 4.78 is 14.6. The summed E-state index contributed by atoms with van der Waals surface area (Å²) in [6.07, 6.45) is 1.34.